The van der Waals surface area contributed by atoms with Gasteiger partial charge in [-0.15, -0.1) is 0 Å². The summed E-state index contributed by atoms with van der Waals surface area (Å²) in [6, 6.07) is 11.8. The van der Waals surface area contributed by atoms with Gasteiger partial charge in [0, 0.05) is 19.7 Å². The molecule has 0 saturated heterocycles. The summed E-state index contributed by atoms with van der Waals surface area (Å²) < 4.78 is 43.2. The van der Waals surface area contributed by atoms with Crippen molar-refractivity contribution in [3.63, 3.8) is 0 Å². The maximum absolute atomic E-state index is 12.4. The van der Waals surface area contributed by atoms with Crippen molar-refractivity contribution in [2.75, 3.05) is 18.9 Å². The number of aromatic hydroxyl groups is 1. The van der Waals surface area contributed by atoms with Gasteiger partial charge in [0.25, 0.3) is 0 Å². The third kappa shape index (κ3) is 4.71. The van der Waals surface area contributed by atoms with E-state index in [1.54, 1.807) is 18.2 Å². The number of halogens is 3. The summed E-state index contributed by atoms with van der Waals surface area (Å²) in [7, 11) is 1.26. The molecule has 3 N–H and O–H groups in total. The molecule has 10 heteroatoms. The van der Waals surface area contributed by atoms with Gasteiger partial charge in [-0.3, -0.25) is 10.1 Å². The zero-order valence-electron chi connectivity index (χ0n) is 15.2. The summed E-state index contributed by atoms with van der Waals surface area (Å²) in [6.07, 6.45) is -5.73. The fourth-order valence-electron chi connectivity index (χ4n) is 2.95. The van der Waals surface area contributed by atoms with E-state index in [-0.39, 0.29) is 12.3 Å². The van der Waals surface area contributed by atoms with E-state index in [0.29, 0.717) is 11.4 Å². The van der Waals surface area contributed by atoms with E-state index in [1.807, 2.05) is 18.2 Å². The first-order valence-electron chi connectivity index (χ1n) is 8.59. The summed E-state index contributed by atoms with van der Waals surface area (Å²) in [6.45, 7) is -0.0778. The molecule has 0 aromatic heterocycles. The number of carbonyl (C=O) groups excluding carboxylic acids is 2. The average Bonchev–Trinajstić information content (AvgIpc) is 2.67. The number of likely N-dealkylation sites (N-methyl/N-ethyl adjacent to an activating group) is 1. The standard InChI is InChI=1S/C19H18F3N3O4/c1-25(18(28)24-17(27)19(20,21)22)10-14-16(11-5-3-2-4-6-11)29-15-8-7-12(26)9-13(15)23-14/h2-9,14,16,23,26H,10H2,1H3,(H,24,27,28). The number of imide groups is 1. The molecule has 1 aliphatic heterocycles. The van der Waals surface area contributed by atoms with Crippen molar-refractivity contribution in [1.29, 1.82) is 0 Å². The molecule has 3 amide bonds. The van der Waals surface area contributed by atoms with Crippen LogP contribution in [0.3, 0.4) is 0 Å². The van der Waals surface area contributed by atoms with Crippen molar-refractivity contribution in [3.8, 4) is 11.5 Å². The van der Waals surface area contributed by atoms with Gasteiger partial charge in [-0.1, -0.05) is 30.3 Å². The lowest BCUT2D eigenvalue weighted by molar-refractivity contribution is -0.172. The highest BCUT2D eigenvalue weighted by Gasteiger charge is 2.40. The molecule has 29 heavy (non-hydrogen) atoms. The predicted molar refractivity (Wildman–Crippen MR) is 97.6 cm³/mol. The number of rotatable bonds is 3. The van der Waals surface area contributed by atoms with Crippen molar-refractivity contribution in [1.82, 2.24) is 10.2 Å². The normalized spacial score (nSPS) is 18.1. The molecule has 1 aliphatic rings. The molecule has 0 fully saturated rings. The van der Waals surface area contributed by atoms with Gasteiger partial charge in [0.05, 0.1) is 11.7 Å². The van der Waals surface area contributed by atoms with E-state index in [4.69, 9.17) is 4.74 Å². The monoisotopic (exact) mass is 409 g/mol. The van der Waals surface area contributed by atoms with Crippen LogP contribution < -0.4 is 15.4 Å². The van der Waals surface area contributed by atoms with E-state index in [2.05, 4.69) is 5.32 Å². The van der Waals surface area contributed by atoms with Gasteiger partial charge in [-0.05, 0) is 17.7 Å². The third-order valence-corrected chi connectivity index (χ3v) is 4.35. The van der Waals surface area contributed by atoms with Crippen molar-refractivity contribution in [2.45, 2.75) is 18.3 Å². The molecule has 7 nitrogen and oxygen atoms in total. The molecular weight excluding hydrogens is 391 g/mol. The van der Waals surface area contributed by atoms with E-state index in [9.17, 15) is 27.9 Å². The quantitative estimate of drug-likeness (QED) is 0.725. The Hall–Kier alpha value is -3.43. The third-order valence-electron chi connectivity index (χ3n) is 4.35. The molecule has 0 saturated carbocycles. The lowest BCUT2D eigenvalue weighted by atomic mass is 9.99. The maximum atomic E-state index is 12.4. The number of phenolic OH excluding ortho intramolecular Hbond substituents is 1. The number of anilines is 1. The van der Waals surface area contributed by atoms with Gasteiger partial charge in [-0.25, -0.2) is 4.79 Å². The van der Waals surface area contributed by atoms with Crippen molar-refractivity contribution in [3.05, 3.63) is 54.1 Å². The van der Waals surface area contributed by atoms with Crippen LogP contribution >= 0.6 is 0 Å². The van der Waals surface area contributed by atoms with Crippen LogP contribution in [0.15, 0.2) is 48.5 Å². The van der Waals surface area contributed by atoms with Gasteiger partial charge < -0.3 is 20.1 Å². The van der Waals surface area contributed by atoms with E-state index in [0.717, 1.165) is 10.5 Å². The van der Waals surface area contributed by atoms with Crippen molar-refractivity contribution < 1.29 is 32.6 Å². The topological polar surface area (TPSA) is 90.9 Å². The Morgan fingerprint density at radius 1 is 1.21 bits per heavy atom. The zero-order chi connectivity index (χ0) is 21.2. The molecule has 2 aromatic carbocycles. The first-order valence-corrected chi connectivity index (χ1v) is 8.59. The molecule has 0 radical (unpaired) electrons. The summed E-state index contributed by atoms with van der Waals surface area (Å²) in [5, 5.41) is 14.1. The van der Waals surface area contributed by atoms with Gasteiger partial charge >= 0.3 is 18.1 Å². The zero-order valence-corrected chi connectivity index (χ0v) is 15.2. The SMILES string of the molecule is CN(CC1Nc2cc(O)ccc2OC1c1ccccc1)C(=O)NC(=O)C(F)(F)F. The number of phenols is 1. The Balaban J connectivity index is 1.80. The highest BCUT2D eigenvalue weighted by molar-refractivity contribution is 5.97. The van der Waals surface area contributed by atoms with E-state index >= 15 is 0 Å². The molecule has 2 atom stereocenters. The minimum Gasteiger partial charge on any atom is -0.508 e. The average molecular weight is 409 g/mol. The summed E-state index contributed by atoms with van der Waals surface area (Å²) in [5.41, 5.74) is 1.26. The second kappa shape index (κ2) is 7.90. The minimum absolute atomic E-state index is 0.00127. The fraction of sp³-hybridized carbons (Fsp3) is 0.263. The Morgan fingerprint density at radius 3 is 2.55 bits per heavy atom. The number of amides is 3. The molecule has 0 bridgehead atoms. The van der Waals surface area contributed by atoms with Crippen LogP contribution in [-0.2, 0) is 4.79 Å². The Morgan fingerprint density at radius 2 is 1.90 bits per heavy atom. The van der Waals surface area contributed by atoms with Crippen LogP contribution in [0.1, 0.15) is 11.7 Å². The number of hydrogen-bond donors (Lipinski definition) is 3. The highest BCUT2D eigenvalue weighted by Crippen LogP contribution is 2.39. The Bertz CT molecular complexity index is 905. The predicted octanol–water partition coefficient (Wildman–Crippen LogP) is 3.04. The van der Waals surface area contributed by atoms with E-state index < -0.39 is 30.3 Å². The van der Waals surface area contributed by atoms with Crippen LogP contribution in [0.4, 0.5) is 23.7 Å². The Kier molecular flexibility index (Phi) is 5.53. The molecule has 0 aliphatic carbocycles. The van der Waals surface area contributed by atoms with Crippen molar-refractivity contribution >= 4 is 17.6 Å². The molecular formula is C19H18F3N3O4. The molecule has 2 unspecified atom stereocenters. The molecule has 0 spiro atoms. The van der Waals surface area contributed by atoms with Crippen LogP contribution in [0.5, 0.6) is 11.5 Å². The lowest BCUT2D eigenvalue weighted by Gasteiger charge is -2.37. The smallest absolute Gasteiger partial charge is 0.471 e. The minimum atomic E-state index is -5.16. The first kappa shape index (κ1) is 20.3. The number of carbonyl (C=O) groups is 2. The Labute approximate surface area is 164 Å². The largest absolute Gasteiger partial charge is 0.508 e. The number of nitrogens with one attached hydrogen (secondary N) is 2. The van der Waals surface area contributed by atoms with Crippen LogP contribution in [0, 0.1) is 0 Å². The highest BCUT2D eigenvalue weighted by atomic mass is 19.4. The van der Waals surface area contributed by atoms with Gasteiger partial charge in [0.1, 0.15) is 17.6 Å². The van der Waals surface area contributed by atoms with Crippen LogP contribution in [0.25, 0.3) is 0 Å². The molecule has 2 aromatic rings. The molecule has 3 rings (SSSR count). The number of urea groups is 1. The molecule has 154 valence electrons. The second-order valence-corrected chi connectivity index (χ2v) is 6.52. The number of nitrogens with zero attached hydrogens (tertiary/aromatic N) is 1. The van der Waals surface area contributed by atoms with Crippen LogP contribution in [0.2, 0.25) is 0 Å². The number of benzene rings is 2. The summed E-state index contributed by atoms with van der Waals surface area (Å²) >= 11 is 0. The van der Waals surface area contributed by atoms with Gasteiger partial charge in [0.15, 0.2) is 0 Å². The van der Waals surface area contributed by atoms with Gasteiger partial charge in [0.2, 0.25) is 0 Å². The number of hydrogen-bond acceptors (Lipinski definition) is 5. The van der Waals surface area contributed by atoms with E-state index in [1.165, 1.54) is 24.5 Å². The fourth-order valence-corrected chi connectivity index (χ4v) is 2.95. The number of alkyl halides is 3. The van der Waals surface area contributed by atoms with Crippen LogP contribution in [-0.4, -0.2) is 47.8 Å². The first-order chi connectivity index (χ1) is 13.6. The maximum Gasteiger partial charge on any atom is 0.471 e. The van der Waals surface area contributed by atoms with Crippen molar-refractivity contribution in [2.24, 2.45) is 0 Å². The lowest BCUT2D eigenvalue weighted by Crippen LogP contribution is -2.50. The molecule has 1 heterocycles. The summed E-state index contributed by atoms with van der Waals surface area (Å²) in [5.74, 6) is -1.86. The number of ether oxygens (including phenoxy) is 1. The second-order valence-electron chi connectivity index (χ2n) is 6.52. The number of fused-ring (bicyclic) bond motifs is 1. The van der Waals surface area contributed by atoms with Gasteiger partial charge in [-0.2, -0.15) is 13.2 Å². The summed E-state index contributed by atoms with van der Waals surface area (Å²) in [4.78, 5) is 24.0.